The van der Waals surface area contributed by atoms with Crippen LogP contribution in [0.1, 0.15) is 19.4 Å². The number of anilines is 1. The number of hydrogen-bond donors (Lipinski definition) is 3. The van der Waals surface area contributed by atoms with Gasteiger partial charge in [-0.25, -0.2) is 23.4 Å². The third-order valence-electron chi connectivity index (χ3n) is 5.34. The summed E-state index contributed by atoms with van der Waals surface area (Å²) in [6, 6.07) is 15.8. The largest absolute Gasteiger partial charge is 0.382 e. The minimum Gasteiger partial charge on any atom is -0.382 e. The Kier molecular flexibility index (Phi) is 6.52. The van der Waals surface area contributed by atoms with Crippen LogP contribution >= 0.6 is 0 Å². The number of benzene rings is 2. The fraction of sp³-hybridized carbons (Fsp3) is 0.167. The first kappa shape index (κ1) is 23.9. The molecule has 0 fully saturated rings. The Balaban J connectivity index is 1.60. The number of aromatic nitrogens is 3. The van der Waals surface area contributed by atoms with E-state index < -0.39 is 15.1 Å². The number of nitrogens with two attached hydrogens (primary N) is 3. The van der Waals surface area contributed by atoms with E-state index in [-0.39, 0.29) is 16.7 Å². The molecule has 0 saturated heterocycles. The van der Waals surface area contributed by atoms with Gasteiger partial charge in [-0.2, -0.15) is 0 Å². The molecule has 0 radical (unpaired) electrons. The molecule has 180 valence electrons. The molecular weight excluding hydrogens is 466 g/mol. The summed E-state index contributed by atoms with van der Waals surface area (Å²) in [5.74, 6) is 0.575. The molecule has 2 heterocycles. The van der Waals surface area contributed by atoms with Crippen molar-refractivity contribution in [2.75, 3.05) is 5.73 Å². The maximum Gasteiger partial charge on any atom is 0.189 e. The Morgan fingerprint density at radius 1 is 1.00 bits per heavy atom. The third-order valence-corrected chi connectivity index (χ3v) is 7.51. The van der Waals surface area contributed by atoms with Gasteiger partial charge in [0, 0.05) is 17.2 Å². The van der Waals surface area contributed by atoms with Crippen LogP contribution in [0.3, 0.4) is 0 Å². The molecule has 10 nitrogen and oxygen atoms in total. The molecule has 0 aliphatic rings. The summed E-state index contributed by atoms with van der Waals surface area (Å²) in [4.78, 5) is 13.1. The number of nitrogen functional groups attached to an aromatic ring is 1. The zero-order valence-electron chi connectivity index (χ0n) is 19.2. The smallest absolute Gasteiger partial charge is 0.189 e. The summed E-state index contributed by atoms with van der Waals surface area (Å²) in [7, 11) is -3.36. The molecule has 4 aromatic rings. The SMILES string of the molecule is CC(C)S(=O)(=O)c1ccc(-c2cnc(N)c(-c3cc(-c4ccc(CN=C(N)N)cc4)no3)n2)cc1. The predicted molar refractivity (Wildman–Crippen MR) is 135 cm³/mol. The number of guanidine groups is 1. The number of aliphatic imine (C=N–C) groups is 1. The first-order valence-electron chi connectivity index (χ1n) is 10.7. The highest BCUT2D eigenvalue weighted by molar-refractivity contribution is 7.92. The number of nitrogens with zero attached hydrogens (tertiary/aromatic N) is 4. The molecule has 0 amide bonds. The van der Waals surface area contributed by atoms with Crippen molar-refractivity contribution >= 4 is 21.6 Å². The lowest BCUT2D eigenvalue weighted by molar-refractivity contribution is 0.434. The maximum absolute atomic E-state index is 12.4. The van der Waals surface area contributed by atoms with Crippen LogP contribution in [0.2, 0.25) is 0 Å². The molecule has 35 heavy (non-hydrogen) atoms. The summed E-state index contributed by atoms with van der Waals surface area (Å²) in [5.41, 5.74) is 20.7. The van der Waals surface area contributed by atoms with Gasteiger partial charge < -0.3 is 21.7 Å². The van der Waals surface area contributed by atoms with Gasteiger partial charge in [-0.15, -0.1) is 0 Å². The molecule has 2 aromatic heterocycles. The molecule has 0 aliphatic carbocycles. The van der Waals surface area contributed by atoms with Crippen LogP contribution in [0.5, 0.6) is 0 Å². The first-order chi connectivity index (χ1) is 16.6. The maximum atomic E-state index is 12.4. The summed E-state index contributed by atoms with van der Waals surface area (Å²) >= 11 is 0. The van der Waals surface area contributed by atoms with Gasteiger partial charge in [0.15, 0.2) is 33.1 Å². The highest BCUT2D eigenvalue weighted by Gasteiger charge is 2.20. The van der Waals surface area contributed by atoms with Crippen molar-refractivity contribution in [2.24, 2.45) is 16.5 Å². The second-order valence-corrected chi connectivity index (χ2v) is 10.6. The van der Waals surface area contributed by atoms with E-state index in [1.54, 1.807) is 44.2 Å². The molecule has 0 atom stereocenters. The van der Waals surface area contributed by atoms with Crippen molar-refractivity contribution < 1.29 is 12.9 Å². The Hall–Kier alpha value is -4.25. The second kappa shape index (κ2) is 9.55. The number of rotatable bonds is 7. The summed E-state index contributed by atoms with van der Waals surface area (Å²) < 4.78 is 30.3. The summed E-state index contributed by atoms with van der Waals surface area (Å²) in [6.07, 6.45) is 1.53. The minimum absolute atomic E-state index is 0.0349. The molecular formula is C24H25N7O3S. The molecule has 0 saturated carbocycles. The second-order valence-electron chi connectivity index (χ2n) is 8.12. The standard InChI is InChI=1S/C24H25N7O3S/c1-14(2)35(32,33)18-9-7-17(8-10-18)20-13-28-23(25)22(30-20)21-11-19(31-34-21)16-5-3-15(4-6-16)12-29-24(26)27/h3-11,13-14H,12H2,1-2H3,(H2,25,28)(H4,26,27,29). The van der Waals surface area contributed by atoms with Crippen LogP contribution < -0.4 is 17.2 Å². The van der Waals surface area contributed by atoms with E-state index in [4.69, 9.17) is 21.7 Å². The molecule has 11 heteroatoms. The lowest BCUT2D eigenvalue weighted by Crippen LogP contribution is -2.22. The lowest BCUT2D eigenvalue weighted by Gasteiger charge is -2.09. The molecule has 0 bridgehead atoms. The minimum atomic E-state index is -3.36. The van der Waals surface area contributed by atoms with E-state index in [2.05, 4.69) is 20.1 Å². The van der Waals surface area contributed by atoms with E-state index in [0.717, 1.165) is 11.1 Å². The van der Waals surface area contributed by atoms with Crippen molar-refractivity contribution in [1.29, 1.82) is 0 Å². The Labute approximate surface area is 202 Å². The summed E-state index contributed by atoms with van der Waals surface area (Å²) in [6.45, 7) is 3.68. The van der Waals surface area contributed by atoms with Gasteiger partial charge in [-0.3, -0.25) is 0 Å². The Morgan fingerprint density at radius 2 is 1.63 bits per heavy atom. The van der Waals surface area contributed by atoms with Crippen molar-refractivity contribution in [2.45, 2.75) is 30.5 Å². The van der Waals surface area contributed by atoms with Crippen LogP contribution in [-0.4, -0.2) is 34.8 Å². The number of hydrogen-bond acceptors (Lipinski definition) is 8. The number of sulfone groups is 1. The van der Waals surface area contributed by atoms with Crippen molar-refractivity contribution in [3.05, 3.63) is 66.4 Å². The Morgan fingerprint density at radius 3 is 2.26 bits per heavy atom. The van der Waals surface area contributed by atoms with E-state index >= 15 is 0 Å². The molecule has 2 aromatic carbocycles. The lowest BCUT2D eigenvalue weighted by atomic mass is 10.1. The summed E-state index contributed by atoms with van der Waals surface area (Å²) in [5, 5.41) is 3.62. The van der Waals surface area contributed by atoms with Crippen molar-refractivity contribution in [1.82, 2.24) is 15.1 Å². The molecule has 0 unspecified atom stereocenters. The Bertz CT molecular complexity index is 1470. The van der Waals surface area contributed by atoms with Crippen LogP contribution in [-0.2, 0) is 16.4 Å². The molecule has 6 N–H and O–H groups in total. The average molecular weight is 492 g/mol. The first-order valence-corrected chi connectivity index (χ1v) is 12.3. The quantitative estimate of drug-likeness (QED) is 0.259. The predicted octanol–water partition coefficient (Wildman–Crippen LogP) is 3.00. The van der Waals surface area contributed by atoms with Gasteiger partial charge in [-0.05, 0) is 31.5 Å². The monoisotopic (exact) mass is 491 g/mol. The van der Waals surface area contributed by atoms with Crippen LogP contribution in [0.4, 0.5) is 5.82 Å². The molecule has 0 aliphatic heterocycles. The van der Waals surface area contributed by atoms with Crippen LogP contribution in [0.15, 0.2) is 75.2 Å². The third kappa shape index (κ3) is 5.14. The van der Waals surface area contributed by atoms with Gasteiger partial charge in [0.2, 0.25) is 0 Å². The van der Waals surface area contributed by atoms with E-state index in [1.165, 1.54) is 6.20 Å². The normalized spacial score (nSPS) is 11.5. The highest BCUT2D eigenvalue weighted by Crippen LogP contribution is 2.30. The van der Waals surface area contributed by atoms with Gasteiger partial charge in [-0.1, -0.05) is 41.6 Å². The van der Waals surface area contributed by atoms with E-state index in [0.29, 0.717) is 35.0 Å². The van der Waals surface area contributed by atoms with Gasteiger partial charge in [0.1, 0.15) is 5.69 Å². The van der Waals surface area contributed by atoms with Gasteiger partial charge >= 0.3 is 0 Å². The van der Waals surface area contributed by atoms with Crippen LogP contribution in [0, 0.1) is 0 Å². The van der Waals surface area contributed by atoms with E-state index in [9.17, 15) is 8.42 Å². The fourth-order valence-electron chi connectivity index (χ4n) is 3.29. The highest BCUT2D eigenvalue weighted by atomic mass is 32.2. The van der Waals surface area contributed by atoms with Gasteiger partial charge in [0.25, 0.3) is 0 Å². The van der Waals surface area contributed by atoms with Crippen LogP contribution in [0.25, 0.3) is 34.0 Å². The molecule has 4 rings (SSSR count). The molecule has 0 spiro atoms. The zero-order chi connectivity index (χ0) is 25.2. The topological polar surface area (TPSA) is 176 Å². The zero-order valence-corrected chi connectivity index (χ0v) is 20.0. The van der Waals surface area contributed by atoms with E-state index in [1.807, 2.05) is 24.3 Å². The van der Waals surface area contributed by atoms with Gasteiger partial charge in [0.05, 0.1) is 28.6 Å². The van der Waals surface area contributed by atoms with Crippen molar-refractivity contribution in [3.63, 3.8) is 0 Å². The average Bonchev–Trinajstić information content (AvgIpc) is 3.33. The van der Waals surface area contributed by atoms with Crippen molar-refractivity contribution in [3.8, 4) is 34.0 Å². The fourth-order valence-corrected chi connectivity index (χ4v) is 4.35.